The number of rotatable bonds is 7. The highest BCUT2D eigenvalue weighted by atomic mass is 16.5. The van der Waals surface area contributed by atoms with Gasteiger partial charge in [-0.15, -0.1) is 0 Å². The summed E-state index contributed by atoms with van der Waals surface area (Å²) in [4.78, 5) is 22.7. The highest BCUT2D eigenvalue weighted by Crippen LogP contribution is 2.31. The Bertz CT molecular complexity index is 1220. The number of aryl methyl sites for hydroxylation is 1. The zero-order chi connectivity index (χ0) is 22.0. The van der Waals surface area contributed by atoms with Crippen molar-refractivity contribution in [2.24, 2.45) is 5.92 Å². The SMILES string of the molecule is CCc1ccc(-n2c(N)c(C(=O)OCC(CC)CC)c3nc4ccccc4nc32)cc1. The Balaban J connectivity index is 1.89. The number of para-hydroxylation sites is 2. The molecule has 2 aromatic heterocycles. The molecule has 0 radical (unpaired) electrons. The van der Waals surface area contributed by atoms with Crippen molar-refractivity contribution in [2.45, 2.75) is 40.0 Å². The zero-order valence-electron chi connectivity index (χ0n) is 18.3. The third-order valence-electron chi connectivity index (χ3n) is 5.91. The molecule has 0 bridgehead atoms. The molecule has 2 aromatic carbocycles. The number of hydrogen-bond acceptors (Lipinski definition) is 5. The van der Waals surface area contributed by atoms with E-state index < -0.39 is 5.97 Å². The molecule has 0 atom stereocenters. The topological polar surface area (TPSA) is 83.0 Å². The van der Waals surface area contributed by atoms with Crippen LogP contribution in [0.3, 0.4) is 0 Å². The molecule has 0 aliphatic heterocycles. The van der Waals surface area contributed by atoms with E-state index in [1.807, 2.05) is 36.4 Å². The average molecular weight is 417 g/mol. The first-order chi connectivity index (χ1) is 15.1. The molecule has 0 fully saturated rings. The van der Waals surface area contributed by atoms with Gasteiger partial charge in [0.15, 0.2) is 5.65 Å². The predicted octanol–water partition coefficient (Wildman–Crippen LogP) is 5.31. The number of nitrogens with zero attached hydrogens (tertiary/aromatic N) is 3. The largest absolute Gasteiger partial charge is 0.462 e. The number of ether oxygens (including phenoxy) is 1. The Kier molecular flexibility index (Phi) is 5.89. The van der Waals surface area contributed by atoms with Crippen molar-refractivity contribution in [3.63, 3.8) is 0 Å². The molecule has 6 nitrogen and oxygen atoms in total. The first-order valence-corrected chi connectivity index (χ1v) is 10.9. The lowest BCUT2D eigenvalue weighted by Gasteiger charge is -2.12. The predicted molar refractivity (Wildman–Crippen MR) is 125 cm³/mol. The molecule has 2 heterocycles. The molecular formula is C25H28N4O2. The van der Waals surface area contributed by atoms with Gasteiger partial charge in [0.05, 0.1) is 17.6 Å². The maximum atomic E-state index is 13.1. The molecule has 0 amide bonds. The molecule has 4 aromatic rings. The van der Waals surface area contributed by atoms with Crippen molar-refractivity contribution < 1.29 is 9.53 Å². The molecule has 0 saturated heterocycles. The number of nitrogens with two attached hydrogens (primary N) is 1. The van der Waals surface area contributed by atoms with E-state index in [1.54, 1.807) is 4.57 Å². The second kappa shape index (κ2) is 8.76. The maximum Gasteiger partial charge on any atom is 0.344 e. The first kappa shape index (κ1) is 20.8. The quantitative estimate of drug-likeness (QED) is 0.413. The highest BCUT2D eigenvalue weighted by Gasteiger charge is 2.26. The molecule has 160 valence electrons. The van der Waals surface area contributed by atoms with Crippen LogP contribution >= 0.6 is 0 Å². The summed E-state index contributed by atoms with van der Waals surface area (Å²) in [6, 6.07) is 15.7. The summed E-state index contributed by atoms with van der Waals surface area (Å²) in [5, 5.41) is 0. The van der Waals surface area contributed by atoms with Crippen LogP contribution in [0.4, 0.5) is 5.82 Å². The lowest BCUT2D eigenvalue weighted by atomic mass is 10.1. The Morgan fingerprint density at radius 2 is 1.65 bits per heavy atom. The Hall–Kier alpha value is -3.41. The monoisotopic (exact) mass is 416 g/mol. The molecule has 2 N–H and O–H groups in total. The lowest BCUT2D eigenvalue weighted by Crippen LogP contribution is -2.15. The van der Waals surface area contributed by atoms with Crippen molar-refractivity contribution in [2.75, 3.05) is 12.3 Å². The van der Waals surface area contributed by atoms with Crippen molar-refractivity contribution in [1.82, 2.24) is 14.5 Å². The van der Waals surface area contributed by atoms with Gasteiger partial charge in [0.25, 0.3) is 0 Å². The third-order valence-corrected chi connectivity index (χ3v) is 5.91. The number of aromatic nitrogens is 3. The van der Waals surface area contributed by atoms with Crippen molar-refractivity contribution in [3.05, 3.63) is 59.7 Å². The van der Waals surface area contributed by atoms with Gasteiger partial charge >= 0.3 is 5.97 Å². The zero-order valence-corrected chi connectivity index (χ0v) is 18.3. The van der Waals surface area contributed by atoms with Crippen molar-refractivity contribution in [3.8, 4) is 5.69 Å². The summed E-state index contributed by atoms with van der Waals surface area (Å²) in [7, 11) is 0. The van der Waals surface area contributed by atoms with Crippen LogP contribution in [-0.2, 0) is 11.2 Å². The van der Waals surface area contributed by atoms with E-state index in [0.717, 1.165) is 30.5 Å². The van der Waals surface area contributed by atoms with Gasteiger partial charge in [0.2, 0.25) is 0 Å². The molecule has 0 spiro atoms. The van der Waals surface area contributed by atoms with Gasteiger partial charge in [-0.05, 0) is 42.2 Å². The minimum atomic E-state index is -0.456. The number of carbonyl (C=O) groups excluding carboxylic acids is 1. The van der Waals surface area contributed by atoms with Crippen LogP contribution < -0.4 is 5.73 Å². The number of carbonyl (C=O) groups is 1. The van der Waals surface area contributed by atoms with E-state index >= 15 is 0 Å². The van der Waals surface area contributed by atoms with E-state index in [-0.39, 0.29) is 5.56 Å². The van der Waals surface area contributed by atoms with Gasteiger partial charge < -0.3 is 10.5 Å². The molecular weight excluding hydrogens is 388 g/mol. The standard InChI is InChI=1S/C25H28N4O2/c1-4-16(5-2)15-31-25(30)21-22-24(28-20-10-8-7-9-19(20)27-22)29(23(21)26)18-13-11-17(6-3)12-14-18/h7-14,16H,4-6,15,26H2,1-3H3. The first-order valence-electron chi connectivity index (χ1n) is 10.9. The van der Waals surface area contributed by atoms with Crippen LogP contribution in [0.5, 0.6) is 0 Å². The second-order valence-corrected chi connectivity index (χ2v) is 7.78. The van der Waals surface area contributed by atoms with Gasteiger partial charge in [0, 0.05) is 5.69 Å². The third kappa shape index (κ3) is 3.85. The molecule has 0 unspecified atom stereocenters. The Morgan fingerprint density at radius 3 is 2.26 bits per heavy atom. The smallest absolute Gasteiger partial charge is 0.344 e. The summed E-state index contributed by atoms with van der Waals surface area (Å²) < 4.78 is 7.45. The van der Waals surface area contributed by atoms with Crippen LogP contribution in [0, 0.1) is 5.92 Å². The molecule has 4 rings (SSSR count). The van der Waals surface area contributed by atoms with Gasteiger partial charge in [-0.1, -0.05) is 57.9 Å². The summed E-state index contributed by atoms with van der Waals surface area (Å²) in [5.74, 6) is 0.166. The second-order valence-electron chi connectivity index (χ2n) is 7.78. The van der Waals surface area contributed by atoms with Gasteiger partial charge in [-0.2, -0.15) is 0 Å². The number of anilines is 1. The highest BCUT2D eigenvalue weighted by molar-refractivity contribution is 6.09. The van der Waals surface area contributed by atoms with Crippen LogP contribution in [-0.4, -0.2) is 27.1 Å². The molecule has 31 heavy (non-hydrogen) atoms. The number of nitrogen functional groups attached to an aromatic ring is 1. The van der Waals surface area contributed by atoms with Crippen molar-refractivity contribution >= 4 is 34.0 Å². The molecule has 6 heteroatoms. The number of hydrogen-bond donors (Lipinski definition) is 1. The molecule has 0 saturated carbocycles. The fraction of sp³-hybridized carbons (Fsp3) is 0.320. The van der Waals surface area contributed by atoms with Gasteiger partial charge in [-0.3, -0.25) is 4.57 Å². The minimum Gasteiger partial charge on any atom is -0.462 e. The van der Waals surface area contributed by atoms with Crippen LogP contribution in [0.1, 0.15) is 49.5 Å². The minimum absolute atomic E-state index is 0.277. The fourth-order valence-electron chi connectivity index (χ4n) is 3.79. The molecule has 0 aliphatic carbocycles. The lowest BCUT2D eigenvalue weighted by molar-refractivity contribution is 0.0436. The van der Waals surface area contributed by atoms with Crippen LogP contribution in [0.2, 0.25) is 0 Å². The summed E-state index contributed by atoms with van der Waals surface area (Å²) in [5.41, 5.74) is 11.3. The van der Waals surface area contributed by atoms with Gasteiger partial charge in [-0.25, -0.2) is 14.8 Å². The average Bonchev–Trinajstić information content (AvgIpc) is 3.08. The Morgan fingerprint density at radius 1 is 1.00 bits per heavy atom. The van der Waals surface area contributed by atoms with E-state index in [1.165, 1.54) is 5.56 Å². The van der Waals surface area contributed by atoms with Gasteiger partial charge in [0.1, 0.15) is 16.9 Å². The normalized spacial score (nSPS) is 11.5. The summed E-state index contributed by atoms with van der Waals surface area (Å²) in [6.07, 6.45) is 2.85. The maximum absolute atomic E-state index is 13.1. The van der Waals surface area contributed by atoms with Crippen LogP contribution in [0.15, 0.2) is 48.5 Å². The van der Waals surface area contributed by atoms with E-state index in [0.29, 0.717) is 35.0 Å². The van der Waals surface area contributed by atoms with Crippen LogP contribution in [0.25, 0.3) is 27.9 Å². The summed E-state index contributed by atoms with van der Waals surface area (Å²) >= 11 is 0. The number of benzene rings is 2. The Labute approximate surface area is 182 Å². The molecule has 0 aliphatic rings. The van der Waals surface area contributed by atoms with E-state index in [9.17, 15) is 4.79 Å². The van der Waals surface area contributed by atoms with E-state index in [4.69, 9.17) is 20.4 Å². The van der Waals surface area contributed by atoms with Crippen molar-refractivity contribution in [1.29, 1.82) is 0 Å². The fourth-order valence-corrected chi connectivity index (χ4v) is 3.79. The number of esters is 1. The van der Waals surface area contributed by atoms with E-state index in [2.05, 4.69) is 32.9 Å². The summed E-state index contributed by atoms with van der Waals surface area (Å²) in [6.45, 7) is 6.67. The number of fused-ring (bicyclic) bond motifs is 2.